The van der Waals surface area contributed by atoms with E-state index in [1.807, 2.05) is 0 Å². The fourth-order valence-electron chi connectivity index (χ4n) is 5.56. The number of hydrogen-bond acceptors (Lipinski definition) is 6. The summed E-state index contributed by atoms with van der Waals surface area (Å²) in [5.74, 6) is -2.06. The van der Waals surface area contributed by atoms with Crippen LogP contribution in [0.15, 0.2) is 58.7 Å². The van der Waals surface area contributed by atoms with Gasteiger partial charge in [0.2, 0.25) is 5.91 Å². The van der Waals surface area contributed by atoms with Gasteiger partial charge in [-0.2, -0.15) is 0 Å². The lowest BCUT2D eigenvalue weighted by Gasteiger charge is -2.39. The van der Waals surface area contributed by atoms with Crippen LogP contribution in [0.25, 0.3) is 11.3 Å². The van der Waals surface area contributed by atoms with Crippen molar-refractivity contribution in [3.05, 3.63) is 87.0 Å². The Morgan fingerprint density at radius 1 is 1.24 bits per heavy atom. The Bertz CT molecular complexity index is 1610. The number of aromatic nitrogens is 1. The van der Waals surface area contributed by atoms with Crippen molar-refractivity contribution < 1.29 is 22.0 Å². The molecule has 11 heteroatoms. The van der Waals surface area contributed by atoms with Crippen LogP contribution in [-0.4, -0.2) is 50.5 Å². The van der Waals surface area contributed by atoms with Crippen LogP contribution in [0.4, 0.5) is 14.5 Å². The molecule has 200 valence electrons. The zero-order valence-electron chi connectivity index (χ0n) is 21.2. The maximum absolute atomic E-state index is 15.1. The van der Waals surface area contributed by atoms with E-state index in [0.717, 1.165) is 17.9 Å². The van der Waals surface area contributed by atoms with Crippen LogP contribution in [0.3, 0.4) is 0 Å². The summed E-state index contributed by atoms with van der Waals surface area (Å²) in [6.07, 6.45) is 6.89. The molecule has 0 fully saturated rings. The number of nitrogens with zero attached hydrogens (tertiary/aromatic N) is 2. The minimum Gasteiger partial charge on any atom is -0.384 e. The molecular formula is C27H28F2N4O4S. The van der Waals surface area contributed by atoms with Crippen LogP contribution >= 0.6 is 0 Å². The zero-order chi connectivity index (χ0) is 27.4. The highest BCUT2D eigenvalue weighted by atomic mass is 32.2. The van der Waals surface area contributed by atoms with Gasteiger partial charge in [-0.15, -0.1) is 0 Å². The molecule has 0 saturated heterocycles. The summed E-state index contributed by atoms with van der Waals surface area (Å²) in [4.78, 5) is 27.3. The molecule has 2 aliphatic heterocycles. The third-order valence-corrected chi connectivity index (χ3v) is 8.10. The zero-order valence-corrected chi connectivity index (χ0v) is 22.0. The second kappa shape index (κ2) is 9.54. The van der Waals surface area contributed by atoms with Gasteiger partial charge in [-0.05, 0) is 47.4 Å². The molecule has 1 amide bonds. The Balaban J connectivity index is 1.76. The van der Waals surface area contributed by atoms with E-state index in [-0.39, 0.29) is 35.2 Å². The summed E-state index contributed by atoms with van der Waals surface area (Å²) in [7, 11) is -0.288. The molecule has 8 nitrogen and oxygen atoms in total. The first kappa shape index (κ1) is 25.9. The van der Waals surface area contributed by atoms with Gasteiger partial charge >= 0.3 is 0 Å². The Morgan fingerprint density at radius 3 is 2.68 bits per heavy atom. The van der Waals surface area contributed by atoms with Gasteiger partial charge in [0, 0.05) is 63.3 Å². The summed E-state index contributed by atoms with van der Waals surface area (Å²) in [6, 6.07) is 4.61. The van der Waals surface area contributed by atoms with Gasteiger partial charge in [0.15, 0.2) is 9.84 Å². The molecule has 38 heavy (non-hydrogen) atoms. The molecule has 2 N–H and O–H groups in total. The fourth-order valence-corrected chi connectivity index (χ4v) is 6.36. The molecule has 1 aliphatic carbocycles. The number of allylic oxidation sites excluding steroid dienone is 1. The predicted molar refractivity (Wildman–Crippen MR) is 142 cm³/mol. The van der Waals surface area contributed by atoms with Crippen molar-refractivity contribution in [1.82, 2.24) is 15.2 Å². The molecule has 3 heterocycles. The summed E-state index contributed by atoms with van der Waals surface area (Å²) in [5.41, 5.74) is 3.06. The predicted octanol–water partition coefficient (Wildman–Crippen LogP) is 2.33. The maximum atomic E-state index is 15.1. The van der Waals surface area contributed by atoms with E-state index in [1.165, 1.54) is 16.7 Å². The minimum absolute atomic E-state index is 0.133. The third-order valence-electron chi connectivity index (χ3n) is 7.26. The molecule has 1 aromatic heterocycles. The Kier molecular flexibility index (Phi) is 6.50. The van der Waals surface area contributed by atoms with Gasteiger partial charge in [0.05, 0.1) is 28.7 Å². The summed E-state index contributed by atoms with van der Waals surface area (Å²) >= 11 is 0. The molecule has 2 unspecified atom stereocenters. The first-order chi connectivity index (χ1) is 18.0. The normalized spacial score (nSPS) is 20.2. The third kappa shape index (κ3) is 4.55. The van der Waals surface area contributed by atoms with Gasteiger partial charge in [-0.25, -0.2) is 17.2 Å². The van der Waals surface area contributed by atoms with E-state index in [2.05, 4.69) is 10.6 Å². The first-order valence-corrected chi connectivity index (χ1v) is 14.3. The highest BCUT2D eigenvalue weighted by Gasteiger charge is 2.44. The topological polar surface area (TPSA) is 101 Å². The average Bonchev–Trinajstić information content (AvgIpc) is 3.16. The monoisotopic (exact) mass is 542 g/mol. The fraction of sp³-hybridized carbons (Fsp3) is 0.333. The standard InChI is InChI=1S/C27H28F2N4O4S/c1-30-22(34)7-4-15-12-31-25-23-16(13-33(26(15)23)21-6-5-18(28)11-20(21)29)10-17(14-38(3,36)37)19-8-9-32(2)27(35)24(19)25/h5-6,8-11,13,15,26,31H,4,7,12,14H2,1-3H3,(H,30,34). The van der Waals surface area contributed by atoms with Crippen molar-refractivity contribution in [2.24, 2.45) is 13.0 Å². The molecule has 0 spiro atoms. The number of anilines is 1. The number of halogens is 2. The van der Waals surface area contributed by atoms with Crippen LogP contribution < -0.4 is 21.1 Å². The van der Waals surface area contributed by atoms with Crippen molar-refractivity contribution in [2.75, 3.05) is 30.5 Å². The number of carbonyl (C=O) groups excluding carboxylic acids is 1. The molecular weight excluding hydrogens is 514 g/mol. The molecule has 0 radical (unpaired) electrons. The summed E-state index contributed by atoms with van der Waals surface area (Å²) in [6.45, 7) is 0.389. The van der Waals surface area contributed by atoms with E-state index in [4.69, 9.17) is 0 Å². The number of aryl methyl sites for hydroxylation is 1. The average molecular weight is 543 g/mol. The first-order valence-electron chi connectivity index (χ1n) is 12.2. The maximum Gasteiger partial charge on any atom is 0.260 e. The number of pyridine rings is 1. The van der Waals surface area contributed by atoms with Crippen LogP contribution in [0.5, 0.6) is 0 Å². The van der Waals surface area contributed by atoms with Crippen molar-refractivity contribution >= 4 is 32.7 Å². The number of hydrogen-bond donors (Lipinski definition) is 2. The number of sulfone groups is 1. The molecule has 1 aromatic carbocycles. The van der Waals surface area contributed by atoms with E-state index >= 15 is 4.39 Å². The number of rotatable bonds is 6. The van der Waals surface area contributed by atoms with E-state index < -0.39 is 27.5 Å². The molecule has 2 aromatic rings. The van der Waals surface area contributed by atoms with Crippen LogP contribution in [0, 0.1) is 17.6 Å². The Labute approximate surface area is 219 Å². The molecule has 0 bridgehead atoms. The SMILES string of the molecule is CNC(=O)CCC1CNC2=C3C(=CN(c4ccc(F)cc4F)C31)C=C(CS(C)(=O)=O)c1ccn(C)c(=O)c12. The van der Waals surface area contributed by atoms with Crippen LogP contribution in [0.2, 0.25) is 0 Å². The number of amides is 1. The van der Waals surface area contributed by atoms with E-state index in [0.29, 0.717) is 40.9 Å². The number of carbonyl (C=O) groups is 1. The molecule has 0 saturated carbocycles. The summed E-state index contributed by atoms with van der Waals surface area (Å²) in [5, 5.41) is 6.00. The lowest BCUT2D eigenvalue weighted by atomic mass is 9.82. The summed E-state index contributed by atoms with van der Waals surface area (Å²) < 4.78 is 55.0. The number of benzene rings is 1. The second-order valence-corrected chi connectivity index (χ2v) is 12.1. The quantitative estimate of drug-likeness (QED) is 0.582. The van der Waals surface area contributed by atoms with Crippen molar-refractivity contribution in [2.45, 2.75) is 18.9 Å². The Morgan fingerprint density at radius 2 is 2.00 bits per heavy atom. The number of nitrogens with one attached hydrogen (secondary N) is 2. The molecule has 5 rings (SSSR count). The van der Waals surface area contributed by atoms with Gasteiger partial charge in [0.25, 0.3) is 5.56 Å². The molecule has 3 aliphatic rings. The van der Waals surface area contributed by atoms with E-state index in [1.54, 1.807) is 43.5 Å². The van der Waals surface area contributed by atoms with E-state index in [9.17, 15) is 22.4 Å². The largest absolute Gasteiger partial charge is 0.384 e. The Hall–Kier alpha value is -3.73. The van der Waals surface area contributed by atoms with Crippen LogP contribution in [0.1, 0.15) is 24.0 Å². The lowest BCUT2D eigenvalue weighted by molar-refractivity contribution is -0.120. The van der Waals surface area contributed by atoms with Crippen molar-refractivity contribution in [3.63, 3.8) is 0 Å². The van der Waals surface area contributed by atoms with Gasteiger partial charge in [0.1, 0.15) is 11.6 Å². The second-order valence-electron chi connectivity index (χ2n) is 9.93. The van der Waals surface area contributed by atoms with Gasteiger partial charge < -0.3 is 20.1 Å². The highest BCUT2D eigenvalue weighted by Crippen LogP contribution is 2.46. The van der Waals surface area contributed by atoms with Gasteiger partial charge in [-0.1, -0.05) is 0 Å². The smallest absolute Gasteiger partial charge is 0.260 e. The van der Waals surface area contributed by atoms with Gasteiger partial charge in [-0.3, -0.25) is 9.59 Å². The minimum atomic E-state index is -3.47. The lowest BCUT2D eigenvalue weighted by Crippen LogP contribution is -2.46. The molecule has 2 atom stereocenters. The van der Waals surface area contributed by atoms with Crippen molar-refractivity contribution in [1.29, 1.82) is 0 Å². The number of fused-ring (bicyclic) bond motifs is 2. The highest BCUT2D eigenvalue weighted by molar-refractivity contribution is 7.91. The van der Waals surface area contributed by atoms with Crippen molar-refractivity contribution in [3.8, 4) is 0 Å². The van der Waals surface area contributed by atoms with Crippen LogP contribution in [-0.2, 0) is 21.7 Å².